The van der Waals surface area contributed by atoms with Gasteiger partial charge in [0.2, 0.25) is 0 Å². The maximum absolute atomic E-state index is 5.70. The van der Waals surface area contributed by atoms with Gasteiger partial charge in [0, 0.05) is 19.1 Å². The molecule has 1 atom stereocenters. The van der Waals surface area contributed by atoms with Gasteiger partial charge in [-0.15, -0.1) is 0 Å². The van der Waals surface area contributed by atoms with E-state index in [9.17, 15) is 0 Å². The monoisotopic (exact) mass is 265 g/mol. The van der Waals surface area contributed by atoms with Crippen LogP contribution in [0.5, 0.6) is 0 Å². The summed E-state index contributed by atoms with van der Waals surface area (Å²) < 4.78 is 5.70. The molecule has 1 N–H and O–H groups in total. The molecule has 108 valence electrons. The molecule has 0 bridgehead atoms. The van der Waals surface area contributed by atoms with Crippen molar-refractivity contribution in [3.63, 3.8) is 0 Å². The van der Waals surface area contributed by atoms with Gasteiger partial charge in [-0.25, -0.2) is 0 Å². The van der Waals surface area contributed by atoms with Gasteiger partial charge in [0.15, 0.2) is 0 Å². The van der Waals surface area contributed by atoms with E-state index in [1.165, 1.54) is 32.1 Å². The van der Waals surface area contributed by atoms with E-state index in [1.54, 1.807) is 6.26 Å². The third kappa shape index (κ3) is 3.96. The quantitative estimate of drug-likeness (QED) is 0.801. The normalized spacial score (nSPS) is 20.5. The molecule has 2 rings (SSSR count). The molecule has 0 amide bonds. The Bertz CT molecular complexity index is 364. The Morgan fingerprint density at radius 2 is 2.26 bits per heavy atom. The molecule has 1 unspecified atom stereocenters. The zero-order valence-electron chi connectivity index (χ0n) is 12.3. The van der Waals surface area contributed by atoms with Crippen LogP contribution in [0.4, 0.5) is 6.01 Å². The fourth-order valence-corrected chi connectivity index (χ4v) is 2.76. The zero-order chi connectivity index (χ0) is 13.5. The van der Waals surface area contributed by atoms with Gasteiger partial charge in [-0.2, -0.15) is 4.98 Å². The van der Waals surface area contributed by atoms with Gasteiger partial charge in [0.05, 0.1) is 5.69 Å². The van der Waals surface area contributed by atoms with Gasteiger partial charge in [0.1, 0.15) is 6.26 Å². The summed E-state index contributed by atoms with van der Waals surface area (Å²) in [5.41, 5.74) is 1.02. The molecule has 1 saturated heterocycles. The van der Waals surface area contributed by atoms with Gasteiger partial charge < -0.3 is 14.6 Å². The molecule has 0 spiro atoms. The topological polar surface area (TPSA) is 41.3 Å². The molecule has 1 aromatic rings. The van der Waals surface area contributed by atoms with Crippen LogP contribution in [0.2, 0.25) is 0 Å². The zero-order valence-corrected chi connectivity index (χ0v) is 12.3. The van der Waals surface area contributed by atoms with Crippen LogP contribution in [0, 0.1) is 0 Å². The lowest BCUT2D eigenvalue weighted by Gasteiger charge is -2.27. The van der Waals surface area contributed by atoms with Crippen LogP contribution in [-0.4, -0.2) is 24.1 Å². The fourth-order valence-electron chi connectivity index (χ4n) is 2.76. The van der Waals surface area contributed by atoms with Crippen LogP contribution in [-0.2, 0) is 6.54 Å². The Balaban J connectivity index is 1.98. The minimum absolute atomic E-state index is 0.595. The van der Waals surface area contributed by atoms with E-state index < -0.39 is 0 Å². The number of anilines is 1. The lowest BCUT2D eigenvalue weighted by molar-refractivity contribution is 0.479. The molecule has 19 heavy (non-hydrogen) atoms. The predicted molar refractivity (Wildman–Crippen MR) is 78.4 cm³/mol. The summed E-state index contributed by atoms with van der Waals surface area (Å²) in [5, 5.41) is 3.36. The number of aromatic nitrogens is 1. The maximum atomic E-state index is 5.70. The number of oxazole rings is 1. The van der Waals surface area contributed by atoms with E-state index in [0.29, 0.717) is 6.04 Å². The summed E-state index contributed by atoms with van der Waals surface area (Å²) in [5.74, 6) is 0. The summed E-state index contributed by atoms with van der Waals surface area (Å²) in [7, 11) is 0. The summed E-state index contributed by atoms with van der Waals surface area (Å²) in [6.07, 6.45) is 9.31. The molecule has 2 heterocycles. The molecule has 1 aliphatic heterocycles. The van der Waals surface area contributed by atoms with Crippen molar-refractivity contribution < 1.29 is 4.42 Å². The minimum atomic E-state index is 0.595. The number of nitrogens with one attached hydrogen (secondary N) is 1. The first-order valence-electron chi connectivity index (χ1n) is 7.77. The van der Waals surface area contributed by atoms with Crippen molar-refractivity contribution in [3.8, 4) is 0 Å². The Hall–Kier alpha value is -1.03. The Morgan fingerprint density at radius 1 is 1.37 bits per heavy atom. The van der Waals surface area contributed by atoms with Crippen molar-refractivity contribution in [1.29, 1.82) is 0 Å². The van der Waals surface area contributed by atoms with E-state index in [2.05, 4.69) is 29.0 Å². The highest BCUT2D eigenvalue weighted by molar-refractivity contribution is 5.29. The number of hydrogen-bond acceptors (Lipinski definition) is 4. The highest BCUT2D eigenvalue weighted by Gasteiger charge is 2.23. The van der Waals surface area contributed by atoms with Crippen molar-refractivity contribution in [3.05, 3.63) is 12.0 Å². The van der Waals surface area contributed by atoms with Crippen molar-refractivity contribution in [1.82, 2.24) is 10.3 Å². The van der Waals surface area contributed by atoms with Crippen LogP contribution < -0.4 is 10.2 Å². The van der Waals surface area contributed by atoms with Crippen molar-refractivity contribution in [2.24, 2.45) is 0 Å². The van der Waals surface area contributed by atoms with Crippen LogP contribution >= 0.6 is 0 Å². The average Bonchev–Trinajstić information content (AvgIpc) is 2.76. The van der Waals surface area contributed by atoms with Crippen LogP contribution in [0.15, 0.2) is 10.7 Å². The maximum Gasteiger partial charge on any atom is 0.297 e. The summed E-state index contributed by atoms with van der Waals surface area (Å²) >= 11 is 0. The van der Waals surface area contributed by atoms with Crippen LogP contribution in [0.25, 0.3) is 0 Å². The molecular formula is C15H27N3O. The van der Waals surface area contributed by atoms with Crippen molar-refractivity contribution in [2.45, 2.75) is 65.0 Å². The van der Waals surface area contributed by atoms with Gasteiger partial charge >= 0.3 is 0 Å². The number of rotatable bonds is 6. The first kappa shape index (κ1) is 14.4. The second-order valence-electron chi connectivity index (χ2n) is 5.40. The van der Waals surface area contributed by atoms with Gasteiger partial charge in [-0.05, 0) is 32.2 Å². The average molecular weight is 265 g/mol. The Kier molecular flexibility index (Phi) is 5.70. The van der Waals surface area contributed by atoms with Gasteiger partial charge in [0.25, 0.3) is 6.01 Å². The van der Waals surface area contributed by atoms with Crippen LogP contribution in [0.1, 0.15) is 58.1 Å². The summed E-state index contributed by atoms with van der Waals surface area (Å²) in [4.78, 5) is 7.01. The van der Waals surface area contributed by atoms with Gasteiger partial charge in [-0.1, -0.05) is 26.7 Å². The number of hydrogen-bond donors (Lipinski definition) is 1. The molecule has 4 nitrogen and oxygen atoms in total. The lowest BCUT2D eigenvalue weighted by atomic mass is 10.1. The Morgan fingerprint density at radius 3 is 3.05 bits per heavy atom. The highest BCUT2D eigenvalue weighted by atomic mass is 16.4. The van der Waals surface area contributed by atoms with Gasteiger partial charge in [-0.3, -0.25) is 0 Å². The molecule has 4 heteroatoms. The van der Waals surface area contributed by atoms with E-state index >= 15 is 0 Å². The number of nitrogens with zero attached hydrogens (tertiary/aromatic N) is 2. The van der Waals surface area contributed by atoms with Crippen LogP contribution in [0.3, 0.4) is 0 Å². The van der Waals surface area contributed by atoms with Crippen molar-refractivity contribution >= 4 is 6.01 Å². The lowest BCUT2D eigenvalue weighted by Crippen LogP contribution is -2.34. The minimum Gasteiger partial charge on any atom is -0.432 e. The molecule has 0 aromatic carbocycles. The molecule has 0 aliphatic carbocycles. The SMILES string of the molecule is CCCNCc1coc(N2CCCCCC2CC)n1. The third-order valence-electron chi connectivity index (χ3n) is 3.87. The van der Waals surface area contributed by atoms with Crippen molar-refractivity contribution in [2.75, 3.05) is 18.0 Å². The first-order valence-corrected chi connectivity index (χ1v) is 7.77. The highest BCUT2D eigenvalue weighted by Crippen LogP contribution is 2.25. The second kappa shape index (κ2) is 7.53. The molecule has 1 aliphatic rings. The predicted octanol–water partition coefficient (Wildman–Crippen LogP) is 3.33. The molecule has 0 saturated carbocycles. The summed E-state index contributed by atoms with van der Waals surface area (Å²) in [6.45, 7) is 7.35. The van der Waals surface area contributed by atoms with E-state index in [1.807, 2.05) is 0 Å². The largest absolute Gasteiger partial charge is 0.432 e. The second-order valence-corrected chi connectivity index (χ2v) is 5.40. The Labute approximate surface area is 116 Å². The van der Waals surface area contributed by atoms with E-state index in [4.69, 9.17) is 4.42 Å². The third-order valence-corrected chi connectivity index (χ3v) is 3.87. The standard InChI is InChI=1S/C15H27N3O/c1-3-9-16-11-13-12-19-15(17-13)18-10-7-5-6-8-14(18)4-2/h12,14,16H,3-11H2,1-2H3. The first-order chi connectivity index (χ1) is 9.35. The fraction of sp³-hybridized carbons (Fsp3) is 0.800. The van der Waals surface area contributed by atoms with E-state index in [0.717, 1.165) is 37.8 Å². The summed E-state index contributed by atoms with van der Waals surface area (Å²) in [6, 6.07) is 1.42. The smallest absolute Gasteiger partial charge is 0.297 e. The van der Waals surface area contributed by atoms with E-state index in [-0.39, 0.29) is 0 Å². The molecule has 1 fully saturated rings. The molecule has 1 aromatic heterocycles. The molecule has 0 radical (unpaired) electrons. The molecular weight excluding hydrogens is 238 g/mol.